The zero-order valence-corrected chi connectivity index (χ0v) is 26.7. The van der Waals surface area contributed by atoms with E-state index in [-0.39, 0.29) is 21.7 Å². The number of ether oxygens (including phenoxy) is 1. The van der Waals surface area contributed by atoms with Crippen molar-refractivity contribution in [3.8, 4) is 17.1 Å². The largest absolute Gasteiger partial charge is 0.495 e. The molecule has 10 nitrogen and oxygen atoms in total. The van der Waals surface area contributed by atoms with Gasteiger partial charge in [0.2, 0.25) is 0 Å². The summed E-state index contributed by atoms with van der Waals surface area (Å²) in [5.74, 6) is 1.29. The summed E-state index contributed by atoms with van der Waals surface area (Å²) in [5, 5.41) is 0.293. The summed E-state index contributed by atoms with van der Waals surface area (Å²) in [7, 11) is -5.62. The molecule has 236 valence electrons. The number of fused-ring (bicyclic) bond motifs is 1. The monoisotopic (exact) mass is 642 g/mol. The summed E-state index contributed by atoms with van der Waals surface area (Å²) < 4.78 is 64.3. The first-order valence-electron chi connectivity index (χ1n) is 14.3. The molecule has 0 spiro atoms. The summed E-state index contributed by atoms with van der Waals surface area (Å²) in [6, 6.07) is 22.2. The topological polar surface area (TPSA) is 134 Å². The zero-order chi connectivity index (χ0) is 31.9. The van der Waals surface area contributed by atoms with E-state index >= 15 is 0 Å². The molecule has 44 heavy (non-hydrogen) atoms. The lowest BCUT2D eigenvalue weighted by molar-refractivity contribution is 0.253. The second-order valence-electron chi connectivity index (χ2n) is 10.6. The maximum Gasteiger partial charge on any atom is 0.261 e. The quantitative estimate of drug-likeness (QED) is 0.203. The first kappa shape index (κ1) is 33.2. The fourth-order valence-electron chi connectivity index (χ4n) is 5.23. The Kier molecular flexibility index (Phi) is 10.8. The normalized spacial score (nSPS) is 14.2. The number of piperazine rings is 1. The second kappa shape index (κ2) is 14.4. The van der Waals surface area contributed by atoms with E-state index in [0.29, 0.717) is 29.4 Å². The molecule has 1 aromatic heterocycles. The van der Waals surface area contributed by atoms with Crippen LogP contribution in [-0.4, -0.2) is 78.1 Å². The van der Waals surface area contributed by atoms with Crippen molar-refractivity contribution in [2.45, 2.75) is 24.7 Å². The summed E-state index contributed by atoms with van der Waals surface area (Å²) in [5.41, 5.74) is 2.25. The molecule has 0 unspecified atom stereocenters. The highest BCUT2D eigenvalue weighted by Crippen LogP contribution is 2.30. The molecule has 1 saturated heterocycles. The number of nitrogens with zero attached hydrogens (tertiary/aromatic N) is 2. The predicted molar refractivity (Wildman–Crippen MR) is 173 cm³/mol. The summed E-state index contributed by atoms with van der Waals surface area (Å²) in [6.45, 7) is 6.19. The summed E-state index contributed by atoms with van der Waals surface area (Å²) in [4.78, 5) is 17.9. The van der Waals surface area contributed by atoms with E-state index in [2.05, 4.69) is 15.9 Å². The molecule has 0 saturated carbocycles. The number of sulfone groups is 1. The second-order valence-corrected chi connectivity index (χ2v) is 14.2. The number of benzene rings is 3. The summed E-state index contributed by atoms with van der Waals surface area (Å²) in [6.07, 6.45) is 2.02. The molecular weight excluding hydrogens is 604 g/mol. The average molecular weight is 643 g/mol. The van der Waals surface area contributed by atoms with Crippen LogP contribution in [0.4, 0.5) is 5.69 Å². The van der Waals surface area contributed by atoms with Crippen LogP contribution in [0.1, 0.15) is 18.4 Å². The van der Waals surface area contributed by atoms with Crippen LogP contribution >= 0.6 is 0 Å². The molecular formula is C32H38N2O8S2. The predicted octanol–water partition coefficient (Wildman–Crippen LogP) is 4.66. The molecule has 4 aromatic rings. The van der Waals surface area contributed by atoms with E-state index in [1.807, 2.05) is 48.5 Å². The maximum atomic E-state index is 13.4. The van der Waals surface area contributed by atoms with Crippen LogP contribution in [-0.2, 0) is 20.0 Å². The average Bonchev–Trinajstić information content (AvgIpc) is 3.00. The highest BCUT2D eigenvalue weighted by atomic mass is 32.2. The molecule has 1 N–H and O–H groups in total. The van der Waals surface area contributed by atoms with E-state index < -0.39 is 20.0 Å². The van der Waals surface area contributed by atoms with Crippen molar-refractivity contribution in [3.63, 3.8) is 0 Å². The van der Waals surface area contributed by atoms with Gasteiger partial charge in [-0.15, -0.1) is 0 Å². The lowest BCUT2D eigenvalue weighted by atomic mass is 10.1. The molecule has 0 bridgehead atoms. The Labute approximate surface area is 258 Å². The van der Waals surface area contributed by atoms with Crippen molar-refractivity contribution in [3.05, 3.63) is 88.6 Å². The number of para-hydroxylation sites is 3. The lowest BCUT2D eigenvalue weighted by Gasteiger charge is -2.36. The van der Waals surface area contributed by atoms with Gasteiger partial charge in [0.1, 0.15) is 16.4 Å². The van der Waals surface area contributed by atoms with Crippen molar-refractivity contribution in [1.82, 2.24) is 4.90 Å². The highest BCUT2D eigenvalue weighted by Gasteiger charge is 2.23. The molecule has 2 heterocycles. The molecule has 3 aromatic carbocycles. The van der Waals surface area contributed by atoms with Crippen molar-refractivity contribution in [1.29, 1.82) is 0 Å². The molecule has 0 aliphatic carbocycles. The molecule has 0 atom stereocenters. The minimum absolute atomic E-state index is 0.00551. The van der Waals surface area contributed by atoms with Gasteiger partial charge in [-0.1, -0.05) is 48.5 Å². The Morgan fingerprint density at radius 3 is 2.16 bits per heavy atom. The first-order chi connectivity index (χ1) is 20.9. The van der Waals surface area contributed by atoms with E-state index in [1.165, 1.54) is 0 Å². The number of hydrogen-bond acceptors (Lipinski definition) is 9. The molecule has 0 amide bonds. The van der Waals surface area contributed by atoms with Crippen molar-refractivity contribution < 1.29 is 30.5 Å². The van der Waals surface area contributed by atoms with Crippen molar-refractivity contribution in [2.24, 2.45) is 0 Å². The maximum absolute atomic E-state index is 13.4. The van der Waals surface area contributed by atoms with Crippen LogP contribution in [0.2, 0.25) is 0 Å². The highest BCUT2D eigenvalue weighted by molar-refractivity contribution is 7.91. The van der Waals surface area contributed by atoms with Crippen LogP contribution in [0.25, 0.3) is 22.3 Å². The Bertz CT molecular complexity index is 1840. The molecule has 1 aliphatic rings. The minimum atomic E-state index is -3.67. The third-order valence-electron chi connectivity index (χ3n) is 7.42. The van der Waals surface area contributed by atoms with Crippen LogP contribution in [0.5, 0.6) is 5.75 Å². The van der Waals surface area contributed by atoms with Gasteiger partial charge in [-0.3, -0.25) is 14.2 Å². The third kappa shape index (κ3) is 8.47. The van der Waals surface area contributed by atoms with Gasteiger partial charge in [0, 0.05) is 37.3 Å². The number of hydrogen-bond donors (Lipinski definition) is 1. The van der Waals surface area contributed by atoms with Gasteiger partial charge in [0.25, 0.3) is 10.1 Å². The Morgan fingerprint density at radius 2 is 1.50 bits per heavy atom. The van der Waals surface area contributed by atoms with E-state index in [4.69, 9.17) is 13.7 Å². The zero-order valence-electron chi connectivity index (χ0n) is 25.1. The number of unbranched alkanes of at least 4 members (excludes halogenated alkanes) is 1. The van der Waals surface area contributed by atoms with Gasteiger partial charge in [-0.2, -0.15) is 8.42 Å². The Hall–Kier alpha value is -3.71. The fourth-order valence-corrected chi connectivity index (χ4v) is 6.76. The summed E-state index contributed by atoms with van der Waals surface area (Å²) >= 11 is 0. The van der Waals surface area contributed by atoms with Crippen LogP contribution < -0.4 is 15.1 Å². The SMILES string of the molecule is COc1ccccc1N1CCN(CCCCS(=O)(=O)c2cccc3c(=O)c(C)c(-c4ccccc4)oc23)CC1.CS(=O)(=O)O. The Morgan fingerprint density at radius 1 is 0.864 bits per heavy atom. The van der Waals surface area contributed by atoms with Gasteiger partial charge in [-0.25, -0.2) is 8.42 Å². The van der Waals surface area contributed by atoms with Crippen LogP contribution in [0.3, 0.4) is 0 Å². The third-order valence-corrected chi connectivity index (χ3v) is 9.23. The van der Waals surface area contributed by atoms with Gasteiger partial charge in [0.15, 0.2) is 20.8 Å². The van der Waals surface area contributed by atoms with E-state index in [9.17, 15) is 21.6 Å². The standard InChI is InChI=1S/C31H34N2O5S.CH4O3S/c1-23-29(34)25-13-10-16-28(31(25)38-30(23)24-11-4-3-5-12-24)39(35,36)22-9-8-17-32-18-20-33(21-19-32)26-14-6-7-15-27(26)37-2;1-5(2,3)4/h3-7,10-16H,8-9,17-22H2,1-2H3;1H3,(H,2,3,4). The van der Waals surface area contributed by atoms with E-state index in [1.54, 1.807) is 32.2 Å². The van der Waals surface area contributed by atoms with Gasteiger partial charge < -0.3 is 14.1 Å². The number of methoxy groups -OCH3 is 1. The lowest BCUT2D eigenvalue weighted by Crippen LogP contribution is -2.46. The van der Waals surface area contributed by atoms with Gasteiger partial charge in [-0.05, 0) is 50.6 Å². The fraction of sp³-hybridized carbons (Fsp3) is 0.344. The molecule has 1 aliphatic heterocycles. The van der Waals surface area contributed by atoms with Crippen LogP contribution in [0.15, 0.2) is 86.9 Å². The van der Waals surface area contributed by atoms with Gasteiger partial charge in [0.05, 0.1) is 30.2 Å². The molecule has 0 radical (unpaired) electrons. The number of anilines is 1. The minimum Gasteiger partial charge on any atom is -0.495 e. The van der Waals surface area contributed by atoms with Crippen molar-refractivity contribution >= 4 is 36.6 Å². The first-order valence-corrected chi connectivity index (χ1v) is 17.8. The molecule has 12 heteroatoms. The molecule has 1 fully saturated rings. The van der Waals surface area contributed by atoms with Gasteiger partial charge >= 0.3 is 0 Å². The molecule has 5 rings (SSSR count). The Balaban J connectivity index is 0.000000818. The smallest absolute Gasteiger partial charge is 0.261 e. The van der Waals surface area contributed by atoms with Crippen molar-refractivity contribution in [2.75, 3.05) is 56.7 Å². The van der Waals surface area contributed by atoms with Crippen LogP contribution in [0, 0.1) is 6.92 Å². The number of rotatable bonds is 9. The van der Waals surface area contributed by atoms with E-state index in [0.717, 1.165) is 56.1 Å².